The van der Waals surface area contributed by atoms with E-state index in [-0.39, 0.29) is 20.1 Å². The average molecular weight is 228 g/mol. The summed E-state index contributed by atoms with van der Waals surface area (Å²) in [6.45, 7) is 0. The van der Waals surface area contributed by atoms with E-state index in [9.17, 15) is 0 Å². The Bertz CT molecular complexity index is 144. The molecule has 0 saturated carbocycles. The molecule has 0 heterocycles. The molecule has 1 heteroatoms. The molecule has 0 bridgehead atoms. The van der Waals surface area contributed by atoms with Gasteiger partial charge in [-0.05, 0) is 0 Å². The fourth-order valence-electron chi connectivity index (χ4n) is 0.642. The van der Waals surface area contributed by atoms with Crippen molar-refractivity contribution in [3.05, 3.63) is 60.7 Å². The Kier molecular flexibility index (Phi) is 7.02. The Balaban J connectivity index is 0.000000167. The molecule has 0 aliphatic rings. The van der Waals surface area contributed by atoms with E-state index < -0.39 is 0 Å². The molecular weight excluding hydrogens is 218 g/mol. The molecule has 0 saturated heterocycles. The summed E-state index contributed by atoms with van der Waals surface area (Å²) in [6.07, 6.45) is 0. The van der Waals surface area contributed by atoms with Gasteiger partial charge in [-0.2, -0.15) is 36.4 Å². The van der Waals surface area contributed by atoms with Gasteiger partial charge in [0.1, 0.15) is 0 Å². The van der Waals surface area contributed by atoms with E-state index in [4.69, 9.17) is 0 Å². The molecule has 0 spiro atoms. The van der Waals surface area contributed by atoms with Crippen molar-refractivity contribution in [3.63, 3.8) is 0 Å². The van der Waals surface area contributed by atoms with E-state index in [1.165, 1.54) is 0 Å². The molecule has 0 aliphatic carbocycles. The van der Waals surface area contributed by atoms with Crippen LogP contribution in [0.1, 0.15) is 0 Å². The van der Waals surface area contributed by atoms with E-state index in [2.05, 4.69) is 0 Å². The maximum atomic E-state index is 2.00. The maximum absolute atomic E-state index is 2.00. The molecule has 2 rings (SSSR count). The number of hydrogen-bond donors (Lipinski definition) is 0. The van der Waals surface area contributed by atoms with E-state index in [0.29, 0.717) is 0 Å². The molecule has 0 nitrogen and oxygen atoms in total. The summed E-state index contributed by atoms with van der Waals surface area (Å²) < 4.78 is 0. The Morgan fingerprint density at radius 2 is 0.818 bits per heavy atom. The van der Waals surface area contributed by atoms with Crippen LogP contribution in [0.4, 0.5) is 0 Å². The Labute approximate surface area is 81.0 Å². The third-order valence-electron chi connectivity index (χ3n) is 1.11. The molecule has 59 valence electrons. The van der Waals surface area contributed by atoms with Crippen LogP contribution in [0.5, 0.6) is 0 Å². The van der Waals surface area contributed by atoms with E-state index >= 15 is 0 Å². The van der Waals surface area contributed by atoms with Crippen LogP contribution in [-0.2, 0) is 20.1 Å². The number of hydrogen-bond acceptors (Lipinski definition) is 0. The first-order chi connectivity index (χ1) is 5.00. The molecular formula is C10H10Tc-2. The molecule has 1 radical (unpaired) electrons. The predicted octanol–water partition coefficient (Wildman–Crippen LogP) is 2.81. The summed E-state index contributed by atoms with van der Waals surface area (Å²) in [7, 11) is 0. The Morgan fingerprint density at radius 1 is 0.545 bits per heavy atom. The van der Waals surface area contributed by atoms with Crippen molar-refractivity contribution in [3.8, 4) is 0 Å². The monoisotopic (exact) mass is 227 g/mol. The summed E-state index contributed by atoms with van der Waals surface area (Å²) >= 11 is 0. The summed E-state index contributed by atoms with van der Waals surface area (Å²) in [5, 5.41) is 0. The molecule has 0 fully saturated rings. The topological polar surface area (TPSA) is 0 Å². The van der Waals surface area contributed by atoms with Crippen LogP contribution in [0.25, 0.3) is 0 Å². The van der Waals surface area contributed by atoms with Crippen molar-refractivity contribution in [1.82, 2.24) is 0 Å². The standard InChI is InChI=1S/2C5H5.Tc/c2*1-2-4-5-3-1;/h2*1-5H;/q2*-1;. The smallest absolute Gasteiger partial charge is 0 e. The minimum absolute atomic E-state index is 0. The van der Waals surface area contributed by atoms with Gasteiger partial charge < -0.3 is 0 Å². The predicted molar refractivity (Wildman–Crippen MR) is 44.1 cm³/mol. The van der Waals surface area contributed by atoms with Gasteiger partial charge in [-0.1, -0.05) is 0 Å². The van der Waals surface area contributed by atoms with Crippen LogP contribution in [0.3, 0.4) is 0 Å². The van der Waals surface area contributed by atoms with Gasteiger partial charge >= 0.3 is 0 Å². The zero-order valence-electron chi connectivity index (χ0n) is 6.15. The van der Waals surface area contributed by atoms with Crippen LogP contribution in [0.15, 0.2) is 60.7 Å². The molecule has 0 atom stereocenters. The van der Waals surface area contributed by atoms with Crippen LogP contribution in [0, 0.1) is 0 Å². The van der Waals surface area contributed by atoms with Crippen molar-refractivity contribution in [2.24, 2.45) is 0 Å². The zero-order chi connectivity index (χ0) is 7.07. The van der Waals surface area contributed by atoms with Crippen molar-refractivity contribution >= 4 is 0 Å². The van der Waals surface area contributed by atoms with E-state index in [0.717, 1.165) is 0 Å². The fraction of sp³-hybridized carbons (Fsp3) is 0. The van der Waals surface area contributed by atoms with Crippen molar-refractivity contribution in [2.75, 3.05) is 0 Å². The second-order valence-corrected chi connectivity index (χ2v) is 1.92. The van der Waals surface area contributed by atoms with E-state index in [1.54, 1.807) is 0 Å². The summed E-state index contributed by atoms with van der Waals surface area (Å²) in [4.78, 5) is 0. The fourth-order valence-corrected chi connectivity index (χ4v) is 0.642. The third-order valence-corrected chi connectivity index (χ3v) is 1.11. The second-order valence-electron chi connectivity index (χ2n) is 1.92. The Morgan fingerprint density at radius 3 is 0.909 bits per heavy atom. The summed E-state index contributed by atoms with van der Waals surface area (Å²) in [5.41, 5.74) is 0. The van der Waals surface area contributed by atoms with Crippen molar-refractivity contribution in [2.45, 2.75) is 0 Å². The van der Waals surface area contributed by atoms with Gasteiger partial charge in [0.05, 0.1) is 0 Å². The molecule has 0 amide bonds. The van der Waals surface area contributed by atoms with Gasteiger partial charge in [-0.15, -0.1) is 0 Å². The largest absolute Gasteiger partial charge is 0.214 e. The van der Waals surface area contributed by atoms with Crippen molar-refractivity contribution < 1.29 is 20.1 Å². The molecule has 0 N–H and O–H groups in total. The first-order valence-electron chi connectivity index (χ1n) is 3.33. The van der Waals surface area contributed by atoms with Crippen LogP contribution >= 0.6 is 0 Å². The van der Waals surface area contributed by atoms with Gasteiger partial charge in [0.15, 0.2) is 0 Å². The number of rotatable bonds is 0. The minimum Gasteiger partial charge on any atom is -0.214 e. The van der Waals surface area contributed by atoms with Crippen LogP contribution < -0.4 is 0 Å². The Hall–Kier alpha value is -0.651. The molecule has 2 aromatic rings. The SMILES string of the molecule is [Tc].c1cc[cH-]c1.c1cc[cH-]c1. The maximum Gasteiger partial charge on any atom is 0 e. The van der Waals surface area contributed by atoms with Gasteiger partial charge in [-0.25, -0.2) is 24.3 Å². The van der Waals surface area contributed by atoms with Crippen LogP contribution in [-0.4, -0.2) is 0 Å². The summed E-state index contributed by atoms with van der Waals surface area (Å²) in [6, 6.07) is 20.0. The molecule has 0 aliphatic heterocycles. The van der Waals surface area contributed by atoms with Gasteiger partial charge in [0.25, 0.3) is 0 Å². The quantitative estimate of drug-likeness (QED) is 0.608. The van der Waals surface area contributed by atoms with Gasteiger partial charge in [0, 0.05) is 20.1 Å². The minimum atomic E-state index is 0. The first-order valence-corrected chi connectivity index (χ1v) is 3.33. The zero-order valence-corrected chi connectivity index (χ0v) is 8.01. The van der Waals surface area contributed by atoms with E-state index in [1.807, 2.05) is 60.7 Å². The van der Waals surface area contributed by atoms with Crippen LogP contribution in [0.2, 0.25) is 0 Å². The molecule has 2 aromatic carbocycles. The normalized spacial score (nSPS) is 7.27. The van der Waals surface area contributed by atoms with Gasteiger partial charge in [0.2, 0.25) is 0 Å². The summed E-state index contributed by atoms with van der Waals surface area (Å²) in [5.74, 6) is 0. The van der Waals surface area contributed by atoms with Gasteiger partial charge in [-0.3, -0.25) is 0 Å². The molecule has 11 heavy (non-hydrogen) atoms. The molecule has 0 unspecified atom stereocenters. The van der Waals surface area contributed by atoms with Crippen molar-refractivity contribution in [1.29, 1.82) is 0 Å². The average Bonchev–Trinajstić information content (AvgIpc) is 2.67. The third kappa shape index (κ3) is 5.78. The second kappa shape index (κ2) is 7.46. The molecule has 0 aromatic heterocycles. The first kappa shape index (κ1) is 10.3.